The topological polar surface area (TPSA) is 78.7 Å². The van der Waals surface area contributed by atoms with Gasteiger partial charge in [0.2, 0.25) is 6.20 Å². The number of nitrogens with zero attached hydrogens (tertiary/aromatic N) is 1. The van der Waals surface area contributed by atoms with E-state index < -0.39 is 12.5 Å². The van der Waals surface area contributed by atoms with Gasteiger partial charge < -0.3 is 9.05 Å². The van der Waals surface area contributed by atoms with Gasteiger partial charge in [-0.1, -0.05) is 13.8 Å². The first-order chi connectivity index (χ1) is 6.37. The Balaban J connectivity index is 5.21. The summed E-state index contributed by atoms with van der Waals surface area (Å²) >= 11 is 0. The molecule has 7 heteroatoms. The molecule has 0 unspecified atom stereocenters. The summed E-state index contributed by atoms with van der Waals surface area (Å²) < 4.78 is 21.2. The molecule has 0 atom stereocenters. The van der Waals surface area contributed by atoms with E-state index >= 15 is 0 Å². The van der Waals surface area contributed by atoms with Gasteiger partial charge in [0.25, 0.3) is 0 Å². The molecule has 0 radical (unpaired) electrons. The average molecular weight is 223 g/mol. The van der Waals surface area contributed by atoms with E-state index in [9.17, 15) is 14.7 Å². The lowest BCUT2D eigenvalue weighted by atomic mass is 10.2. The fourth-order valence-electron chi connectivity index (χ4n) is 0.929. The number of hydrogen-bond acceptors (Lipinski definition) is 5. The van der Waals surface area contributed by atoms with Crippen molar-refractivity contribution in [2.45, 2.75) is 13.8 Å². The number of nitro groups is 1. The van der Waals surface area contributed by atoms with Crippen LogP contribution in [0.15, 0.2) is 11.5 Å². The van der Waals surface area contributed by atoms with Crippen molar-refractivity contribution < 1.29 is 18.5 Å². The predicted octanol–water partition coefficient (Wildman–Crippen LogP) is 2.25. The van der Waals surface area contributed by atoms with Crippen molar-refractivity contribution >= 4 is 7.60 Å². The Bertz CT molecular complexity index is 278. The maximum atomic E-state index is 11.8. The zero-order valence-corrected chi connectivity index (χ0v) is 9.48. The molecule has 0 aliphatic heterocycles. The van der Waals surface area contributed by atoms with Crippen LogP contribution in [0.5, 0.6) is 0 Å². The molecule has 0 aromatic carbocycles. The highest BCUT2D eigenvalue weighted by Gasteiger charge is 2.32. The molecule has 14 heavy (non-hydrogen) atoms. The normalized spacial score (nSPS) is 13.4. The van der Waals surface area contributed by atoms with Crippen molar-refractivity contribution in [3.63, 3.8) is 0 Å². The highest BCUT2D eigenvalue weighted by atomic mass is 31.2. The van der Waals surface area contributed by atoms with Crippen LogP contribution in [0.1, 0.15) is 13.8 Å². The Morgan fingerprint density at radius 2 is 1.86 bits per heavy atom. The maximum absolute atomic E-state index is 11.8. The highest BCUT2D eigenvalue weighted by molar-refractivity contribution is 7.58. The van der Waals surface area contributed by atoms with Gasteiger partial charge in [0.1, 0.15) is 5.31 Å². The van der Waals surface area contributed by atoms with Crippen molar-refractivity contribution in [3.05, 3.63) is 21.6 Å². The first-order valence-electron chi connectivity index (χ1n) is 3.94. The summed E-state index contributed by atoms with van der Waals surface area (Å²) in [5.74, 6) is -0.272. The lowest BCUT2D eigenvalue weighted by Crippen LogP contribution is -2.02. The maximum Gasteiger partial charge on any atom is 0.363 e. The monoisotopic (exact) mass is 223 g/mol. The molecule has 0 rings (SSSR count). The van der Waals surface area contributed by atoms with Gasteiger partial charge in [-0.2, -0.15) is 0 Å². The number of rotatable bonds is 5. The minimum atomic E-state index is -3.48. The van der Waals surface area contributed by atoms with Crippen LogP contribution in [0.2, 0.25) is 0 Å². The molecule has 0 N–H and O–H groups in total. The van der Waals surface area contributed by atoms with Crippen molar-refractivity contribution in [3.8, 4) is 0 Å². The summed E-state index contributed by atoms with van der Waals surface area (Å²) in [5, 5.41) is 10.4. The van der Waals surface area contributed by atoms with E-state index in [1.165, 1.54) is 14.2 Å². The van der Waals surface area contributed by atoms with Gasteiger partial charge in [-0.15, -0.1) is 0 Å². The molecule has 0 spiro atoms. The Kier molecular flexibility index (Phi) is 4.97. The molecule has 0 saturated carbocycles. The molecule has 0 aromatic rings. The number of hydrogen-bond donors (Lipinski definition) is 0. The van der Waals surface area contributed by atoms with Crippen LogP contribution in [-0.4, -0.2) is 19.1 Å². The molecule has 0 aliphatic rings. The summed E-state index contributed by atoms with van der Waals surface area (Å²) in [5.41, 5.74) is 0. The molecule has 0 heterocycles. The van der Waals surface area contributed by atoms with Crippen LogP contribution < -0.4 is 0 Å². The van der Waals surface area contributed by atoms with Gasteiger partial charge in [0, 0.05) is 14.2 Å². The van der Waals surface area contributed by atoms with Crippen molar-refractivity contribution in [1.29, 1.82) is 0 Å². The first-order valence-corrected chi connectivity index (χ1v) is 5.49. The minimum absolute atomic E-state index is 0.0625. The van der Waals surface area contributed by atoms with E-state index in [1.54, 1.807) is 13.8 Å². The van der Waals surface area contributed by atoms with Gasteiger partial charge in [-0.05, 0) is 5.92 Å². The van der Waals surface area contributed by atoms with Crippen molar-refractivity contribution in [1.82, 2.24) is 0 Å². The lowest BCUT2D eigenvalue weighted by molar-refractivity contribution is -0.403. The second-order valence-corrected chi connectivity index (χ2v) is 5.10. The minimum Gasteiger partial charge on any atom is -0.309 e. The van der Waals surface area contributed by atoms with Crippen LogP contribution in [0.25, 0.3) is 0 Å². The number of allylic oxidation sites excluding steroid dienone is 1. The second kappa shape index (κ2) is 5.24. The smallest absolute Gasteiger partial charge is 0.309 e. The summed E-state index contributed by atoms with van der Waals surface area (Å²) in [4.78, 5) is 9.62. The van der Waals surface area contributed by atoms with E-state index in [0.717, 1.165) is 0 Å². The molecule has 6 nitrogen and oxygen atoms in total. The Labute approximate surface area is 82.6 Å². The summed E-state index contributed by atoms with van der Waals surface area (Å²) in [6.07, 6.45) is 0.679. The third-order valence-corrected chi connectivity index (χ3v) is 3.85. The molecular weight excluding hydrogens is 209 g/mol. The third-order valence-electron chi connectivity index (χ3n) is 1.63. The van der Waals surface area contributed by atoms with E-state index in [0.29, 0.717) is 6.20 Å². The largest absolute Gasteiger partial charge is 0.363 e. The SMILES string of the molecule is COP(=O)(OC)/C(=C\[N+](=O)[O-])C(C)C. The standard InChI is InChI=1S/C7H14NO5P/c1-6(2)7(5-8(9)10)14(11,12-3)13-4/h5-6H,1-4H3/b7-5-. The van der Waals surface area contributed by atoms with Crippen LogP contribution >= 0.6 is 7.60 Å². The quantitative estimate of drug-likeness (QED) is 0.405. The Hall–Kier alpha value is -0.710. The van der Waals surface area contributed by atoms with E-state index in [1.807, 2.05) is 0 Å². The molecule has 0 amide bonds. The molecular formula is C7H14NO5P. The van der Waals surface area contributed by atoms with Gasteiger partial charge in [-0.25, -0.2) is 0 Å². The summed E-state index contributed by atoms with van der Waals surface area (Å²) in [6.45, 7) is 3.36. The zero-order valence-electron chi connectivity index (χ0n) is 8.59. The third kappa shape index (κ3) is 3.21. The Morgan fingerprint density at radius 1 is 1.43 bits per heavy atom. The first kappa shape index (κ1) is 13.3. The van der Waals surface area contributed by atoms with Crippen molar-refractivity contribution in [2.75, 3.05) is 14.2 Å². The van der Waals surface area contributed by atoms with Crippen LogP contribution in [0.3, 0.4) is 0 Å². The van der Waals surface area contributed by atoms with Gasteiger partial charge in [0.05, 0.1) is 4.92 Å². The average Bonchev–Trinajstić information content (AvgIpc) is 2.12. The molecule has 0 aliphatic carbocycles. The molecule has 0 bridgehead atoms. The van der Waals surface area contributed by atoms with Crippen LogP contribution in [0.4, 0.5) is 0 Å². The molecule has 82 valence electrons. The van der Waals surface area contributed by atoms with Crippen LogP contribution in [-0.2, 0) is 13.6 Å². The Morgan fingerprint density at radius 3 is 2.07 bits per heavy atom. The molecule has 0 saturated heterocycles. The van der Waals surface area contributed by atoms with E-state index in [2.05, 4.69) is 9.05 Å². The molecule has 0 fully saturated rings. The fourth-order valence-corrected chi connectivity index (χ4v) is 2.37. The van der Waals surface area contributed by atoms with Gasteiger partial charge in [-0.3, -0.25) is 14.7 Å². The highest BCUT2D eigenvalue weighted by Crippen LogP contribution is 2.57. The van der Waals surface area contributed by atoms with E-state index in [4.69, 9.17) is 0 Å². The lowest BCUT2D eigenvalue weighted by Gasteiger charge is -2.17. The summed E-state index contributed by atoms with van der Waals surface area (Å²) in [7, 11) is -1.09. The second-order valence-electron chi connectivity index (χ2n) is 2.86. The van der Waals surface area contributed by atoms with Crippen LogP contribution in [0, 0.1) is 16.0 Å². The predicted molar refractivity (Wildman–Crippen MR) is 51.5 cm³/mol. The van der Waals surface area contributed by atoms with E-state index in [-0.39, 0.29) is 11.2 Å². The molecule has 0 aromatic heterocycles. The van der Waals surface area contributed by atoms with Gasteiger partial charge in [0.15, 0.2) is 0 Å². The van der Waals surface area contributed by atoms with Gasteiger partial charge >= 0.3 is 7.60 Å². The van der Waals surface area contributed by atoms with Crippen molar-refractivity contribution in [2.24, 2.45) is 5.92 Å². The zero-order chi connectivity index (χ0) is 11.4. The summed E-state index contributed by atoms with van der Waals surface area (Å²) in [6, 6.07) is 0. The fraction of sp³-hybridized carbons (Fsp3) is 0.714.